The van der Waals surface area contributed by atoms with Crippen LogP contribution in [-0.2, 0) is 33.2 Å². The Bertz CT molecular complexity index is 1550. The molecule has 0 spiro atoms. The molecule has 1 aromatic heterocycles. The molecule has 8 nitrogen and oxygen atoms in total. The molecule has 2 atom stereocenters. The monoisotopic (exact) mass is 581 g/mol. The molecule has 2 heterocycles. The summed E-state index contributed by atoms with van der Waals surface area (Å²) in [5.41, 5.74) is 2.86. The number of aromatic nitrogens is 1. The molecular formula is C25H29N2O6S4+. The van der Waals surface area contributed by atoms with Gasteiger partial charge in [-0.25, -0.2) is 0 Å². The second-order valence-electron chi connectivity index (χ2n) is 8.95. The number of fused-ring (bicyclic) bond motifs is 2. The Hall–Kier alpha value is -2.22. The van der Waals surface area contributed by atoms with E-state index in [1.54, 1.807) is 23.1 Å². The third kappa shape index (κ3) is 6.81. The van der Waals surface area contributed by atoms with Crippen molar-refractivity contribution in [1.82, 2.24) is 0 Å². The molecule has 37 heavy (non-hydrogen) atoms. The van der Waals surface area contributed by atoms with Gasteiger partial charge in [-0.05, 0) is 51.0 Å². The molecule has 0 radical (unpaired) electrons. The van der Waals surface area contributed by atoms with Crippen molar-refractivity contribution in [3.63, 3.8) is 0 Å². The molecule has 2 unspecified atom stereocenters. The number of nitrogens with one attached hydrogen (secondary N) is 1. The third-order valence-electron chi connectivity index (χ3n) is 6.28. The van der Waals surface area contributed by atoms with E-state index in [1.807, 2.05) is 59.2 Å². The van der Waals surface area contributed by atoms with Gasteiger partial charge < -0.3 is 5.32 Å². The minimum Gasteiger partial charge on any atom is -0.349 e. The van der Waals surface area contributed by atoms with Crippen LogP contribution in [0.5, 0.6) is 0 Å². The summed E-state index contributed by atoms with van der Waals surface area (Å²) < 4.78 is 68.1. The maximum Gasteiger partial charge on any atom is 0.267 e. The number of aryl methyl sites for hydroxylation is 2. The number of nitrogens with zero attached hydrogens (tertiary/aromatic N) is 1. The smallest absolute Gasteiger partial charge is 0.267 e. The second kappa shape index (κ2) is 11.3. The van der Waals surface area contributed by atoms with Crippen LogP contribution in [0.1, 0.15) is 37.3 Å². The van der Waals surface area contributed by atoms with Gasteiger partial charge in [0.05, 0.1) is 21.2 Å². The van der Waals surface area contributed by atoms with Gasteiger partial charge in [-0.15, -0.1) is 0 Å². The predicted octanol–water partition coefficient (Wildman–Crippen LogP) is 5.14. The van der Waals surface area contributed by atoms with Gasteiger partial charge in [-0.1, -0.05) is 53.4 Å². The number of anilines is 1. The summed E-state index contributed by atoms with van der Waals surface area (Å²) in [4.78, 5) is 1.15. The highest BCUT2D eigenvalue weighted by atomic mass is 32.2. The molecule has 0 saturated heterocycles. The number of thioether (sulfide) groups is 1. The topological polar surface area (TPSA) is 125 Å². The van der Waals surface area contributed by atoms with Crippen molar-refractivity contribution >= 4 is 65.3 Å². The van der Waals surface area contributed by atoms with Gasteiger partial charge in [0.1, 0.15) is 4.70 Å². The van der Waals surface area contributed by atoms with Crippen LogP contribution in [0, 0.1) is 0 Å². The molecule has 3 N–H and O–H groups in total. The van der Waals surface area contributed by atoms with E-state index in [9.17, 15) is 25.9 Å². The van der Waals surface area contributed by atoms with Crippen LogP contribution in [0.4, 0.5) is 5.69 Å². The fraction of sp³-hybridized carbons (Fsp3) is 0.320. The lowest BCUT2D eigenvalue weighted by Gasteiger charge is -2.09. The Morgan fingerprint density at radius 1 is 0.973 bits per heavy atom. The highest BCUT2D eigenvalue weighted by Crippen LogP contribution is 2.40. The van der Waals surface area contributed by atoms with E-state index >= 15 is 0 Å². The standard InChI is InChI=1S/C25H28N2O6S4/c1-17(36(28,29)30)13-14-19-7-5-10-22-25(19)27(16-15-18(2)37(31,32)33)24(35-22)12-6-11-23-26-20-8-3-4-9-21(20)34-23/h3-12,17-18H,13-16H2,1-2H3,(H2,28,29,30,31,32,33)/p+1. The Balaban J connectivity index is 1.66. The lowest BCUT2D eigenvalue weighted by atomic mass is 10.1. The number of thiazole rings is 1. The summed E-state index contributed by atoms with van der Waals surface area (Å²) in [6.45, 7) is 3.29. The van der Waals surface area contributed by atoms with Gasteiger partial charge in [-0.2, -0.15) is 21.4 Å². The molecule has 0 aliphatic carbocycles. The van der Waals surface area contributed by atoms with Crippen LogP contribution in [0.25, 0.3) is 16.3 Å². The quantitative estimate of drug-likeness (QED) is 0.222. The van der Waals surface area contributed by atoms with Crippen molar-refractivity contribution in [3.05, 3.63) is 70.2 Å². The number of rotatable bonds is 10. The Morgan fingerprint density at radius 2 is 1.68 bits per heavy atom. The maximum absolute atomic E-state index is 11.6. The molecule has 3 aromatic rings. The van der Waals surface area contributed by atoms with Gasteiger partial charge in [0.15, 0.2) is 6.54 Å². The van der Waals surface area contributed by atoms with Gasteiger partial charge in [0.25, 0.3) is 25.2 Å². The zero-order chi connectivity index (χ0) is 26.8. The summed E-state index contributed by atoms with van der Waals surface area (Å²) >= 11 is 3.19. The van der Waals surface area contributed by atoms with Gasteiger partial charge in [-0.3, -0.25) is 9.11 Å². The van der Waals surface area contributed by atoms with E-state index in [2.05, 4.69) is 11.4 Å². The minimum absolute atomic E-state index is 0.208. The number of hydrogen-bond donors (Lipinski definition) is 3. The molecule has 0 bridgehead atoms. The fourth-order valence-corrected chi connectivity index (χ4v) is 6.87. The van der Waals surface area contributed by atoms with Crippen LogP contribution >= 0.6 is 23.1 Å². The zero-order valence-electron chi connectivity index (χ0n) is 20.4. The largest absolute Gasteiger partial charge is 0.349 e. The van der Waals surface area contributed by atoms with Crippen LogP contribution in [0.15, 0.2) is 64.5 Å². The summed E-state index contributed by atoms with van der Waals surface area (Å²) in [6, 6.07) is 13.8. The molecule has 1 aliphatic heterocycles. The number of benzene rings is 2. The average Bonchev–Trinajstić information content (AvgIpc) is 3.40. The third-order valence-corrected chi connectivity index (χ3v) is 10.9. The maximum atomic E-state index is 11.6. The van der Waals surface area contributed by atoms with E-state index in [-0.39, 0.29) is 12.8 Å². The zero-order valence-corrected chi connectivity index (χ0v) is 23.6. The summed E-state index contributed by atoms with van der Waals surface area (Å²) in [5.74, 6) is 0. The first-order valence-corrected chi connectivity index (χ1v) is 16.4. The van der Waals surface area contributed by atoms with Crippen molar-refractivity contribution in [2.24, 2.45) is 0 Å². The molecule has 1 aliphatic rings. The van der Waals surface area contributed by atoms with Crippen molar-refractivity contribution < 1.29 is 30.5 Å². The van der Waals surface area contributed by atoms with Gasteiger partial charge in [0, 0.05) is 23.0 Å². The van der Waals surface area contributed by atoms with E-state index < -0.39 is 30.7 Å². The normalized spacial score (nSPS) is 16.8. The Morgan fingerprint density at radius 3 is 2.38 bits per heavy atom. The van der Waals surface area contributed by atoms with Gasteiger partial charge in [0.2, 0.25) is 5.52 Å². The van der Waals surface area contributed by atoms with Crippen LogP contribution in [0.3, 0.4) is 0 Å². The number of para-hydroxylation sites is 2. The SMILES string of the molecule is CC(CCc1cccc2sc(C=CC=C3Nc4ccccc4S3)[n+](CCC(C)S(=O)(=O)O)c12)S(=O)(=O)O. The lowest BCUT2D eigenvalue weighted by molar-refractivity contribution is -0.669. The highest BCUT2D eigenvalue weighted by Gasteiger charge is 2.26. The van der Waals surface area contributed by atoms with Gasteiger partial charge >= 0.3 is 0 Å². The first-order valence-electron chi connectivity index (χ1n) is 11.7. The number of allylic oxidation sites excluding steroid dienone is 2. The average molecular weight is 582 g/mol. The Labute approximate surface area is 225 Å². The molecule has 2 aromatic carbocycles. The first kappa shape index (κ1) is 27.8. The van der Waals surface area contributed by atoms with E-state index in [1.165, 1.54) is 13.8 Å². The predicted molar refractivity (Wildman–Crippen MR) is 150 cm³/mol. The highest BCUT2D eigenvalue weighted by molar-refractivity contribution is 8.03. The van der Waals surface area contributed by atoms with E-state index in [4.69, 9.17) is 0 Å². The molecule has 0 fully saturated rings. The second-order valence-corrected chi connectivity index (χ2v) is 14.8. The van der Waals surface area contributed by atoms with Crippen molar-refractivity contribution in [2.75, 3.05) is 5.32 Å². The fourth-order valence-electron chi connectivity index (χ4n) is 3.98. The molecular weight excluding hydrogens is 553 g/mol. The lowest BCUT2D eigenvalue weighted by Crippen LogP contribution is -2.38. The Kier molecular flexibility index (Phi) is 8.46. The van der Waals surface area contributed by atoms with Crippen molar-refractivity contribution in [2.45, 2.75) is 55.1 Å². The molecule has 198 valence electrons. The first-order chi connectivity index (χ1) is 17.4. The van der Waals surface area contributed by atoms with E-state index in [0.29, 0.717) is 13.0 Å². The van der Waals surface area contributed by atoms with Crippen molar-refractivity contribution in [1.29, 1.82) is 0 Å². The van der Waals surface area contributed by atoms with Crippen LogP contribution in [-0.4, -0.2) is 36.4 Å². The summed E-state index contributed by atoms with van der Waals surface area (Å²) in [5, 5.41) is 3.42. The summed E-state index contributed by atoms with van der Waals surface area (Å²) in [6.07, 6.45) is 6.76. The van der Waals surface area contributed by atoms with Crippen molar-refractivity contribution in [3.8, 4) is 0 Å². The van der Waals surface area contributed by atoms with Crippen LogP contribution < -0.4 is 9.88 Å². The molecule has 12 heteroatoms. The molecule has 0 saturated carbocycles. The van der Waals surface area contributed by atoms with Crippen LogP contribution in [0.2, 0.25) is 0 Å². The minimum atomic E-state index is -4.17. The molecule has 0 amide bonds. The number of hydrogen-bond acceptors (Lipinski definition) is 7. The van der Waals surface area contributed by atoms with E-state index in [0.717, 1.165) is 36.4 Å². The summed E-state index contributed by atoms with van der Waals surface area (Å²) in [7, 11) is -8.30. The molecule has 4 rings (SSSR count).